The Morgan fingerprint density at radius 2 is 0.764 bits per heavy atom. The number of unbranched alkanes of at least 4 members (excludes halogenated alkanes) is 25. The molecule has 0 bridgehead atoms. The minimum Gasteiger partial charge on any atom is -0.462 e. The highest BCUT2D eigenvalue weighted by molar-refractivity contribution is 7.47. The number of carbonyl (C=O) groups is 2. The first-order chi connectivity index (χ1) is 35.3. The first-order valence-corrected chi connectivity index (χ1v) is 30.7. The number of ether oxygens (including phenoxy) is 2. The van der Waals surface area contributed by atoms with Gasteiger partial charge in [0.25, 0.3) is 0 Å². The maximum Gasteiger partial charge on any atom is 0.472 e. The van der Waals surface area contributed by atoms with Crippen LogP contribution in [0.5, 0.6) is 0 Å². The molecule has 0 fully saturated rings. The molecule has 414 valence electrons. The predicted octanol–water partition coefficient (Wildman–Crippen LogP) is 18.5. The van der Waals surface area contributed by atoms with E-state index < -0.39 is 32.5 Å². The molecule has 0 spiro atoms. The Kier molecular flexibility index (Phi) is 54.8. The molecule has 0 saturated heterocycles. The Balaban J connectivity index is 3.92. The summed E-state index contributed by atoms with van der Waals surface area (Å²) in [6, 6.07) is 0. The minimum absolute atomic E-state index is 0.0486. The van der Waals surface area contributed by atoms with E-state index >= 15 is 0 Å². The zero-order valence-corrected chi connectivity index (χ0v) is 47.0. The fraction of sp³-hybridized carbons (Fsp3) is 0.710. The highest BCUT2D eigenvalue weighted by Crippen LogP contribution is 2.43. The summed E-state index contributed by atoms with van der Waals surface area (Å²) >= 11 is 0. The molecule has 0 aliphatic heterocycles. The third-order valence-corrected chi connectivity index (χ3v) is 13.2. The van der Waals surface area contributed by atoms with Crippen molar-refractivity contribution in [2.24, 2.45) is 5.73 Å². The quantitative estimate of drug-likeness (QED) is 0.0264. The summed E-state index contributed by atoms with van der Waals surface area (Å²) in [6.45, 7) is 3.60. The van der Waals surface area contributed by atoms with Crippen LogP contribution < -0.4 is 5.73 Å². The normalized spacial score (nSPS) is 13.8. The topological polar surface area (TPSA) is 134 Å². The van der Waals surface area contributed by atoms with Gasteiger partial charge in [0.15, 0.2) is 6.10 Å². The number of hydrogen-bond donors (Lipinski definition) is 2. The molecule has 0 aromatic heterocycles. The van der Waals surface area contributed by atoms with Gasteiger partial charge >= 0.3 is 19.8 Å². The first kappa shape index (κ1) is 68.9. The second kappa shape index (κ2) is 57.2. The monoisotopic (exact) mass is 1030 g/mol. The molecule has 0 heterocycles. The highest BCUT2D eigenvalue weighted by atomic mass is 31.2. The van der Waals surface area contributed by atoms with Crippen molar-refractivity contribution >= 4 is 19.8 Å². The maximum atomic E-state index is 12.7. The number of phosphoric ester groups is 1. The second-order valence-electron chi connectivity index (χ2n) is 19.1. The fourth-order valence-electron chi connectivity index (χ4n) is 7.91. The van der Waals surface area contributed by atoms with Crippen molar-refractivity contribution in [3.8, 4) is 0 Å². The first-order valence-electron chi connectivity index (χ1n) is 29.2. The van der Waals surface area contributed by atoms with Gasteiger partial charge in [-0.2, -0.15) is 0 Å². The smallest absolute Gasteiger partial charge is 0.462 e. The molecule has 3 N–H and O–H groups in total. The van der Waals surface area contributed by atoms with Gasteiger partial charge in [-0.15, -0.1) is 0 Å². The molecule has 0 aliphatic carbocycles. The molecule has 0 amide bonds. The highest BCUT2D eigenvalue weighted by Gasteiger charge is 2.26. The number of nitrogens with two attached hydrogens (primary N) is 1. The summed E-state index contributed by atoms with van der Waals surface area (Å²) in [5, 5.41) is 0. The van der Waals surface area contributed by atoms with Crippen LogP contribution in [-0.4, -0.2) is 49.3 Å². The summed E-state index contributed by atoms with van der Waals surface area (Å²) in [5.74, 6) is -0.842. The summed E-state index contributed by atoms with van der Waals surface area (Å²) in [5.41, 5.74) is 5.38. The third-order valence-electron chi connectivity index (χ3n) is 12.2. The van der Waals surface area contributed by atoms with E-state index in [-0.39, 0.29) is 32.6 Å². The molecule has 2 atom stereocenters. The SMILES string of the molecule is CC/C=C\C/C=C\C/C=C\C/C=C\C/C=C\C/C=C\CCCCCCCCCCCCCCCCCCC(=O)OC(COC(=O)CCCCCCC/C=C\C/C=C\CCCCCC)COP(=O)(O)OCCN. The number of allylic oxidation sites excluding steroid dienone is 16. The van der Waals surface area contributed by atoms with Crippen LogP contribution in [-0.2, 0) is 32.7 Å². The average molecular weight is 1030 g/mol. The van der Waals surface area contributed by atoms with E-state index in [1.54, 1.807) is 0 Å². The third kappa shape index (κ3) is 56.2. The van der Waals surface area contributed by atoms with E-state index in [1.807, 2.05) is 0 Å². The summed E-state index contributed by atoms with van der Waals surface area (Å²) in [6.07, 6.45) is 76.1. The summed E-state index contributed by atoms with van der Waals surface area (Å²) < 4.78 is 33.0. The van der Waals surface area contributed by atoms with Crippen molar-refractivity contribution in [1.29, 1.82) is 0 Å². The van der Waals surface area contributed by atoms with Gasteiger partial charge < -0.3 is 20.1 Å². The van der Waals surface area contributed by atoms with E-state index in [0.29, 0.717) is 12.8 Å². The molecule has 0 rings (SSSR count). The van der Waals surface area contributed by atoms with Crippen molar-refractivity contribution in [2.45, 2.75) is 258 Å². The van der Waals surface area contributed by atoms with E-state index in [0.717, 1.165) is 96.3 Å². The van der Waals surface area contributed by atoms with Crippen molar-refractivity contribution < 1.29 is 37.6 Å². The number of carbonyl (C=O) groups excluding carboxylic acids is 2. The van der Waals surface area contributed by atoms with Crippen molar-refractivity contribution in [2.75, 3.05) is 26.4 Å². The molecular formula is C62H108NO8P. The molecule has 10 heteroatoms. The van der Waals surface area contributed by atoms with Crippen LogP contribution in [0.3, 0.4) is 0 Å². The summed E-state index contributed by atoms with van der Waals surface area (Å²) in [4.78, 5) is 35.1. The van der Waals surface area contributed by atoms with Gasteiger partial charge in [-0.3, -0.25) is 18.6 Å². The van der Waals surface area contributed by atoms with Gasteiger partial charge in [-0.05, 0) is 96.3 Å². The maximum absolute atomic E-state index is 12.7. The Morgan fingerprint density at radius 3 is 1.14 bits per heavy atom. The number of esters is 2. The van der Waals surface area contributed by atoms with Gasteiger partial charge in [0.2, 0.25) is 0 Å². The number of rotatable bonds is 54. The standard InChI is InChI=1S/C62H108NO8P/c1-3-5-7-9-11-13-15-17-19-21-22-23-24-25-26-27-28-29-30-31-32-33-34-35-36-37-38-39-41-43-45-47-49-51-53-55-62(65)71-60(59-70-72(66,67)69-57-56-63)58-68-61(64)54-52-50-48-46-44-42-40-20-18-16-14-12-10-8-6-4-2/h5,7,11,13-14,16-17,19-20,22-23,25-26,28-29,40,60H,3-4,6,8-10,12,15,18,21,24,27,30-39,41-59,63H2,1-2H3,(H,66,67)/b7-5-,13-11-,16-14-,19-17-,23-22-,26-25-,29-28-,40-20-. The zero-order valence-electron chi connectivity index (χ0n) is 46.1. The Morgan fingerprint density at radius 1 is 0.431 bits per heavy atom. The largest absolute Gasteiger partial charge is 0.472 e. The van der Waals surface area contributed by atoms with Crippen LogP contribution in [0.15, 0.2) is 97.2 Å². The van der Waals surface area contributed by atoms with Crippen LogP contribution in [0, 0.1) is 0 Å². The molecule has 0 aromatic rings. The van der Waals surface area contributed by atoms with Crippen molar-refractivity contribution in [3.05, 3.63) is 97.2 Å². The van der Waals surface area contributed by atoms with Crippen molar-refractivity contribution in [1.82, 2.24) is 0 Å². The molecule has 0 aromatic carbocycles. The van der Waals surface area contributed by atoms with Gasteiger partial charge in [0.1, 0.15) is 6.61 Å². The van der Waals surface area contributed by atoms with E-state index in [9.17, 15) is 19.0 Å². The van der Waals surface area contributed by atoms with E-state index in [4.69, 9.17) is 24.3 Å². The second-order valence-corrected chi connectivity index (χ2v) is 20.6. The zero-order chi connectivity index (χ0) is 52.4. The molecule has 0 aliphatic rings. The van der Waals surface area contributed by atoms with Gasteiger partial charge in [0.05, 0.1) is 13.2 Å². The van der Waals surface area contributed by atoms with Crippen LogP contribution >= 0.6 is 7.82 Å². The Bertz CT molecular complexity index is 1500. The molecule has 0 radical (unpaired) electrons. The average Bonchev–Trinajstić information content (AvgIpc) is 3.37. The van der Waals surface area contributed by atoms with Gasteiger partial charge in [-0.1, -0.05) is 239 Å². The molecule has 72 heavy (non-hydrogen) atoms. The van der Waals surface area contributed by atoms with Crippen molar-refractivity contribution in [3.63, 3.8) is 0 Å². The van der Waals surface area contributed by atoms with Crippen LogP contribution in [0.2, 0.25) is 0 Å². The lowest BCUT2D eigenvalue weighted by Gasteiger charge is -2.19. The number of phosphoric acid groups is 1. The molecule has 2 unspecified atom stereocenters. The molecular weight excluding hydrogens is 918 g/mol. The number of hydrogen-bond acceptors (Lipinski definition) is 8. The predicted molar refractivity (Wildman–Crippen MR) is 307 cm³/mol. The van der Waals surface area contributed by atoms with Gasteiger partial charge in [0, 0.05) is 19.4 Å². The lowest BCUT2D eigenvalue weighted by atomic mass is 10.0. The van der Waals surface area contributed by atoms with Crippen LogP contribution in [0.1, 0.15) is 251 Å². The molecule has 0 saturated carbocycles. The fourth-order valence-corrected chi connectivity index (χ4v) is 8.67. The lowest BCUT2D eigenvalue weighted by molar-refractivity contribution is -0.161. The van der Waals surface area contributed by atoms with Gasteiger partial charge in [-0.25, -0.2) is 4.57 Å². The molecule has 9 nitrogen and oxygen atoms in total. The van der Waals surface area contributed by atoms with E-state index in [1.165, 1.54) is 116 Å². The Hall–Kier alpha value is -3.07. The van der Waals surface area contributed by atoms with Crippen LogP contribution in [0.4, 0.5) is 0 Å². The minimum atomic E-state index is -4.39. The Labute approximate surface area is 442 Å². The lowest BCUT2D eigenvalue weighted by Crippen LogP contribution is -2.29. The summed E-state index contributed by atoms with van der Waals surface area (Å²) in [7, 11) is -4.39. The van der Waals surface area contributed by atoms with E-state index in [2.05, 4.69) is 111 Å². The van der Waals surface area contributed by atoms with Crippen LogP contribution in [0.25, 0.3) is 0 Å².